The number of aryl methyl sites for hydroxylation is 2. The lowest BCUT2D eigenvalue weighted by molar-refractivity contribution is -0.146. The number of fused-ring (bicyclic) bond motifs is 1. The van der Waals surface area contributed by atoms with Crippen molar-refractivity contribution in [1.29, 1.82) is 0 Å². The molecule has 0 aliphatic heterocycles. The van der Waals surface area contributed by atoms with Gasteiger partial charge in [-0.1, -0.05) is 40.9 Å². The maximum atomic E-state index is 11.4. The van der Waals surface area contributed by atoms with Gasteiger partial charge in [0.15, 0.2) is 0 Å². The third-order valence-corrected chi connectivity index (χ3v) is 4.47. The summed E-state index contributed by atoms with van der Waals surface area (Å²) < 4.78 is 1.94. The normalized spacial score (nSPS) is 11.7. The van der Waals surface area contributed by atoms with Crippen molar-refractivity contribution in [3.8, 4) is 0 Å². The minimum absolute atomic E-state index is 0.353. The standard InChI is InChI=1S/C21H18ClNO4/c1-12-5-13(2)7-14(6-12)10-23-11-17(19(24)9-20(25)21(26)27)16-8-15(22)3-4-18(16)23/h3-9,11,24H,10H2,1-2H3,(H,26,27)/b19-9+. The van der Waals surface area contributed by atoms with Crippen molar-refractivity contribution in [1.82, 2.24) is 4.57 Å². The highest BCUT2D eigenvalue weighted by Crippen LogP contribution is 2.29. The van der Waals surface area contributed by atoms with Gasteiger partial charge in [-0.15, -0.1) is 0 Å². The molecule has 0 radical (unpaired) electrons. The van der Waals surface area contributed by atoms with Crippen LogP contribution in [0.2, 0.25) is 5.02 Å². The number of hydrogen-bond acceptors (Lipinski definition) is 3. The second-order valence-corrected chi connectivity index (χ2v) is 6.96. The first kappa shape index (κ1) is 18.7. The Morgan fingerprint density at radius 3 is 2.37 bits per heavy atom. The summed E-state index contributed by atoms with van der Waals surface area (Å²) in [6, 6.07) is 11.5. The molecule has 0 saturated carbocycles. The number of nitrogens with zero attached hydrogens (tertiary/aromatic N) is 1. The molecule has 0 bridgehead atoms. The molecule has 1 aromatic heterocycles. The number of aliphatic hydroxyl groups is 1. The Kier molecular flexibility index (Phi) is 5.06. The van der Waals surface area contributed by atoms with Crippen LogP contribution in [0.5, 0.6) is 0 Å². The number of aromatic nitrogens is 1. The summed E-state index contributed by atoms with van der Waals surface area (Å²) >= 11 is 6.09. The average molecular weight is 384 g/mol. The molecule has 5 nitrogen and oxygen atoms in total. The van der Waals surface area contributed by atoms with Crippen molar-refractivity contribution in [3.05, 3.63) is 75.9 Å². The van der Waals surface area contributed by atoms with Gasteiger partial charge in [0.05, 0.1) is 0 Å². The topological polar surface area (TPSA) is 79.5 Å². The molecule has 3 aromatic rings. The van der Waals surface area contributed by atoms with E-state index in [0.717, 1.165) is 22.2 Å². The number of aliphatic carboxylic acids is 1. The molecule has 6 heteroatoms. The molecule has 0 saturated heterocycles. The Morgan fingerprint density at radius 1 is 1.07 bits per heavy atom. The summed E-state index contributed by atoms with van der Waals surface area (Å²) in [5.74, 6) is -3.22. The van der Waals surface area contributed by atoms with E-state index >= 15 is 0 Å². The van der Waals surface area contributed by atoms with Crippen LogP contribution >= 0.6 is 11.6 Å². The zero-order chi connectivity index (χ0) is 19.7. The fraction of sp³-hybridized carbons (Fsp3) is 0.143. The quantitative estimate of drug-likeness (QED) is 0.386. The predicted molar refractivity (Wildman–Crippen MR) is 105 cm³/mol. The Hall–Kier alpha value is -3.05. The Bertz CT molecular complexity index is 1070. The summed E-state index contributed by atoms with van der Waals surface area (Å²) in [5, 5.41) is 20.2. The van der Waals surface area contributed by atoms with E-state index in [-0.39, 0.29) is 0 Å². The molecular formula is C21H18ClNO4. The van der Waals surface area contributed by atoms with Gasteiger partial charge < -0.3 is 14.8 Å². The van der Waals surface area contributed by atoms with E-state index in [0.29, 0.717) is 28.6 Å². The number of aliphatic hydroxyl groups excluding tert-OH is 1. The minimum atomic E-state index is -1.63. The van der Waals surface area contributed by atoms with Gasteiger partial charge in [-0.05, 0) is 37.6 Å². The van der Waals surface area contributed by atoms with Crippen LogP contribution in [0.15, 0.2) is 48.7 Å². The van der Waals surface area contributed by atoms with Gasteiger partial charge in [0.2, 0.25) is 0 Å². The number of hydrogen-bond donors (Lipinski definition) is 2. The molecule has 0 spiro atoms. The van der Waals surface area contributed by atoms with Gasteiger partial charge in [-0.3, -0.25) is 4.79 Å². The number of carbonyl (C=O) groups excluding carboxylic acids is 1. The van der Waals surface area contributed by atoms with E-state index in [9.17, 15) is 14.7 Å². The molecule has 2 aromatic carbocycles. The first-order chi connectivity index (χ1) is 12.7. The zero-order valence-electron chi connectivity index (χ0n) is 14.9. The van der Waals surface area contributed by atoms with Crippen LogP contribution in [0.3, 0.4) is 0 Å². The third-order valence-electron chi connectivity index (χ3n) is 4.23. The van der Waals surface area contributed by atoms with Gasteiger partial charge in [0, 0.05) is 40.3 Å². The molecule has 2 N–H and O–H groups in total. The van der Waals surface area contributed by atoms with Crippen LogP contribution in [0.1, 0.15) is 22.3 Å². The predicted octanol–water partition coefficient (Wildman–Crippen LogP) is 4.51. The molecule has 0 unspecified atom stereocenters. The third kappa shape index (κ3) is 4.04. The summed E-state index contributed by atoms with van der Waals surface area (Å²) in [7, 11) is 0. The number of ketones is 1. The van der Waals surface area contributed by atoms with Crippen molar-refractivity contribution < 1.29 is 19.8 Å². The molecule has 1 heterocycles. The number of benzene rings is 2. The van der Waals surface area contributed by atoms with Gasteiger partial charge in [0.1, 0.15) is 5.76 Å². The van der Waals surface area contributed by atoms with Gasteiger partial charge >= 0.3 is 5.97 Å². The van der Waals surface area contributed by atoms with E-state index in [4.69, 9.17) is 16.7 Å². The average Bonchev–Trinajstić information content (AvgIpc) is 2.91. The SMILES string of the molecule is Cc1cc(C)cc(Cn2cc(/C(O)=C\C(=O)C(=O)O)c3cc(Cl)ccc32)c1. The van der Waals surface area contributed by atoms with Crippen molar-refractivity contribution >= 4 is 40.0 Å². The summed E-state index contributed by atoms with van der Waals surface area (Å²) in [4.78, 5) is 22.2. The van der Waals surface area contributed by atoms with E-state index in [1.165, 1.54) is 0 Å². The Morgan fingerprint density at radius 2 is 1.74 bits per heavy atom. The van der Waals surface area contributed by atoms with Crippen molar-refractivity contribution in [2.75, 3.05) is 0 Å². The van der Waals surface area contributed by atoms with E-state index in [2.05, 4.69) is 18.2 Å². The highest BCUT2D eigenvalue weighted by Gasteiger charge is 2.16. The molecular weight excluding hydrogens is 366 g/mol. The molecule has 0 fully saturated rings. The number of rotatable bonds is 5. The van der Waals surface area contributed by atoms with Crippen LogP contribution < -0.4 is 0 Å². The maximum absolute atomic E-state index is 11.4. The maximum Gasteiger partial charge on any atom is 0.376 e. The molecule has 0 aliphatic rings. The highest BCUT2D eigenvalue weighted by molar-refractivity contribution is 6.38. The molecule has 0 aliphatic carbocycles. The van der Waals surface area contributed by atoms with E-state index in [1.54, 1.807) is 18.3 Å². The lowest BCUT2D eigenvalue weighted by atomic mass is 10.1. The van der Waals surface area contributed by atoms with Gasteiger partial charge in [-0.2, -0.15) is 0 Å². The number of carboxylic acid groups (broad SMARTS) is 1. The lowest BCUT2D eigenvalue weighted by Gasteiger charge is -2.08. The molecule has 27 heavy (non-hydrogen) atoms. The van der Waals surface area contributed by atoms with Crippen LogP contribution in [0.25, 0.3) is 16.7 Å². The number of carbonyl (C=O) groups is 2. The smallest absolute Gasteiger partial charge is 0.376 e. The monoisotopic (exact) mass is 383 g/mol. The van der Waals surface area contributed by atoms with Crippen LogP contribution in [0, 0.1) is 13.8 Å². The fourth-order valence-corrected chi connectivity index (χ4v) is 3.40. The van der Waals surface area contributed by atoms with Crippen LogP contribution in [-0.4, -0.2) is 26.5 Å². The minimum Gasteiger partial charge on any atom is -0.507 e. The number of halogens is 1. The van der Waals surface area contributed by atoms with Crippen molar-refractivity contribution in [2.24, 2.45) is 0 Å². The van der Waals surface area contributed by atoms with E-state index < -0.39 is 17.5 Å². The van der Waals surface area contributed by atoms with Crippen LogP contribution in [-0.2, 0) is 16.1 Å². The highest BCUT2D eigenvalue weighted by atomic mass is 35.5. The van der Waals surface area contributed by atoms with Crippen LogP contribution in [0.4, 0.5) is 0 Å². The van der Waals surface area contributed by atoms with Gasteiger partial charge in [0.25, 0.3) is 5.78 Å². The van der Waals surface area contributed by atoms with Gasteiger partial charge in [-0.25, -0.2) is 4.79 Å². The Balaban J connectivity index is 2.12. The number of carboxylic acids is 1. The first-order valence-corrected chi connectivity index (χ1v) is 8.66. The summed E-state index contributed by atoms with van der Waals surface area (Å²) in [5.41, 5.74) is 4.57. The largest absolute Gasteiger partial charge is 0.507 e. The van der Waals surface area contributed by atoms with E-state index in [1.807, 2.05) is 24.5 Å². The second kappa shape index (κ2) is 7.29. The Labute approximate surface area is 161 Å². The second-order valence-electron chi connectivity index (χ2n) is 6.53. The summed E-state index contributed by atoms with van der Waals surface area (Å²) in [6.07, 6.45) is 2.40. The molecule has 3 rings (SSSR count). The first-order valence-electron chi connectivity index (χ1n) is 8.28. The fourth-order valence-electron chi connectivity index (χ4n) is 3.22. The van der Waals surface area contributed by atoms with Crippen molar-refractivity contribution in [3.63, 3.8) is 0 Å². The molecule has 0 atom stereocenters. The lowest BCUT2D eigenvalue weighted by Crippen LogP contribution is -2.09. The summed E-state index contributed by atoms with van der Waals surface area (Å²) in [6.45, 7) is 4.61. The zero-order valence-corrected chi connectivity index (χ0v) is 15.6. The van der Waals surface area contributed by atoms with Crippen molar-refractivity contribution in [2.45, 2.75) is 20.4 Å². The molecule has 0 amide bonds. The molecule has 138 valence electrons.